The molecule has 120 valence electrons. The second-order valence-corrected chi connectivity index (χ2v) is 5.17. The Bertz CT molecular complexity index is 902. The number of halogens is 1. The Morgan fingerprint density at radius 2 is 2.04 bits per heavy atom. The van der Waals surface area contributed by atoms with Crippen LogP contribution in [0.1, 0.15) is 11.4 Å². The molecule has 3 aromatic rings. The molecule has 0 amide bonds. The standard InChI is InChI=1S/C17H12ClN3O3/c1-22-15-8-11(9-19)6-7-14(15)23-10-16-20-17(24-21-16)12-4-2-3-5-13(12)18/h2-8H,10H2,1H3. The third kappa shape index (κ3) is 3.31. The SMILES string of the molecule is COc1cc(C#N)ccc1OCc1noc(-c2ccccc2Cl)n1. The number of rotatable bonds is 5. The zero-order valence-electron chi connectivity index (χ0n) is 12.7. The quantitative estimate of drug-likeness (QED) is 0.701. The zero-order valence-corrected chi connectivity index (χ0v) is 13.4. The molecule has 0 aliphatic rings. The van der Waals surface area contributed by atoms with Gasteiger partial charge in [-0.1, -0.05) is 28.9 Å². The van der Waals surface area contributed by atoms with Crippen LogP contribution in [0.5, 0.6) is 11.5 Å². The van der Waals surface area contributed by atoms with Crippen LogP contribution in [0.3, 0.4) is 0 Å². The van der Waals surface area contributed by atoms with Crippen molar-refractivity contribution in [2.24, 2.45) is 0 Å². The van der Waals surface area contributed by atoms with E-state index in [0.29, 0.717) is 39.4 Å². The Morgan fingerprint density at radius 3 is 2.79 bits per heavy atom. The third-order valence-electron chi connectivity index (χ3n) is 3.22. The summed E-state index contributed by atoms with van der Waals surface area (Å²) < 4.78 is 16.1. The lowest BCUT2D eigenvalue weighted by atomic mass is 10.2. The van der Waals surface area contributed by atoms with Gasteiger partial charge in [-0.15, -0.1) is 0 Å². The lowest BCUT2D eigenvalue weighted by Gasteiger charge is -2.08. The molecule has 3 rings (SSSR count). The second kappa shape index (κ2) is 7.02. The highest BCUT2D eigenvalue weighted by Crippen LogP contribution is 2.29. The first-order valence-electron chi connectivity index (χ1n) is 6.99. The van der Waals surface area contributed by atoms with Crippen LogP contribution >= 0.6 is 11.6 Å². The van der Waals surface area contributed by atoms with Crippen molar-refractivity contribution in [1.29, 1.82) is 5.26 Å². The largest absolute Gasteiger partial charge is 0.493 e. The molecule has 2 aromatic carbocycles. The summed E-state index contributed by atoms with van der Waals surface area (Å²) in [4.78, 5) is 4.27. The second-order valence-electron chi connectivity index (χ2n) is 4.76. The van der Waals surface area contributed by atoms with Crippen LogP contribution in [0.25, 0.3) is 11.5 Å². The fourth-order valence-electron chi connectivity index (χ4n) is 2.06. The molecule has 0 unspecified atom stereocenters. The Kier molecular flexibility index (Phi) is 4.64. The van der Waals surface area contributed by atoms with E-state index in [1.54, 1.807) is 30.3 Å². The summed E-state index contributed by atoms with van der Waals surface area (Å²) in [5.41, 5.74) is 1.15. The van der Waals surface area contributed by atoms with E-state index in [2.05, 4.69) is 10.1 Å². The highest BCUT2D eigenvalue weighted by Gasteiger charge is 2.13. The number of nitrogens with zero attached hydrogens (tertiary/aromatic N) is 3. The van der Waals surface area contributed by atoms with E-state index in [1.165, 1.54) is 7.11 Å². The molecule has 7 heteroatoms. The first kappa shape index (κ1) is 15.8. The van der Waals surface area contributed by atoms with Gasteiger partial charge >= 0.3 is 0 Å². The van der Waals surface area contributed by atoms with Crippen LogP contribution in [0, 0.1) is 11.3 Å². The smallest absolute Gasteiger partial charge is 0.259 e. The van der Waals surface area contributed by atoms with Gasteiger partial charge in [-0.25, -0.2) is 0 Å². The van der Waals surface area contributed by atoms with Crippen molar-refractivity contribution in [1.82, 2.24) is 10.1 Å². The van der Waals surface area contributed by atoms with Gasteiger partial charge in [0.2, 0.25) is 5.82 Å². The number of hydrogen-bond acceptors (Lipinski definition) is 6. The fourth-order valence-corrected chi connectivity index (χ4v) is 2.27. The number of hydrogen-bond donors (Lipinski definition) is 0. The van der Waals surface area contributed by atoms with Crippen LogP contribution in [0.15, 0.2) is 47.0 Å². The van der Waals surface area contributed by atoms with Crippen molar-refractivity contribution in [3.8, 4) is 29.0 Å². The molecule has 24 heavy (non-hydrogen) atoms. The average molecular weight is 342 g/mol. The molecule has 0 N–H and O–H groups in total. The molecule has 1 heterocycles. The summed E-state index contributed by atoms with van der Waals surface area (Å²) >= 11 is 6.11. The van der Waals surface area contributed by atoms with Crippen molar-refractivity contribution in [2.75, 3.05) is 7.11 Å². The van der Waals surface area contributed by atoms with Crippen LogP contribution in [0.2, 0.25) is 5.02 Å². The highest BCUT2D eigenvalue weighted by atomic mass is 35.5. The fraction of sp³-hybridized carbons (Fsp3) is 0.118. The van der Waals surface area contributed by atoms with Crippen LogP contribution in [-0.4, -0.2) is 17.3 Å². The molecule has 6 nitrogen and oxygen atoms in total. The minimum atomic E-state index is 0.0935. The van der Waals surface area contributed by atoms with Crippen molar-refractivity contribution in [3.05, 3.63) is 58.9 Å². The molecular weight excluding hydrogens is 330 g/mol. The normalized spacial score (nSPS) is 10.2. The maximum Gasteiger partial charge on any atom is 0.259 e. The lowest BCUT2D eigenvalue weighted by Crippen LogP contribution is -1.99. The number of benzene rings is 2. The maximum atomic E-state index is 8.90. The van der Waals surface area contributed by atoms with E-state index in [0.717, 1.165) is 0 Å². The zero-order chi connectivity index (χ0) is 16.9. The molecule has 0 atom stereocenters. The molecule has 0 bridgehead atoms. The summed E-state index contributed by atoms with van der Waals surface area (Å²) in [6.45, 7) is 0.0935. The van der Waals surface area contributed by atoms with Gasteiger partial charge in [0.15, 0.2) is 18.1 Å². The highest BCUT2D eigenvalue weighted by molar-refractivity contribution is 6.33. The summed E-state index contributed by atoms with van der Waals surface area (Å²) in [6, 6.07) is 14.1. The molecule has 0 saturated carbocycles. The van der Waals surface area contributed by atoms with E-state index >= 15 is 0 Å². The van der Waals surface area contributed by atoms with Crippen molar-refractivity contribution in [2.45, 2.75) is 6.61 Å². The van der Waals surface area contributed by atoms with E-state index in [4.69, 9.17) is 30.9 Å². The van der Waals surface area contributed by atoms with Gasteiger partial charge in [0, 0.05) is 6.07 Å². The van der Waals surface area contributed by atoms with E-state index in [-0.39, 0.29) is 6.61 Å². The molecule has 0 fully saturated rings. The molecule has 1 aromatic heterocycles. The predicted octanol–water partition coefficient (Wildman–Crippen LogP) is 3.85. The minimum Gasteiger partial charge on any atom is -0.493 e. The number of ether oxygens (including phenoxy) is 2. The Balaban J connectivity index is 1.75. The van der Waals surface area contributed by atoms with Gasteiger partial charge in [-0.05, 0) is 24.3 Å². The monoisotopic (exact) mass is 341 g/mol. The summed E-state index contributed by atoms with van der Waals surface area (Å²) in [7, 11) is 1.51. The molecule has 0 spiro atoms. The van der Waals surface area contributed by atoms with Gasteiger partial charge < -0.3 is 14.0 Å². The first-order chi connectivity index (χ1) is 11.7. The number of methoxy groups -OCH3 is 1. The molecule has 0 aliphatic heterocycles. The lowest BCUT2D eigenvalue weighted by molar-refractivity contribution is 0.270. The van der Waals surface area contributed by atoms with Gasteiger partial charge in [-0.3, -0.25) is 0 Å². The third-order valence-corrected chi connectivity index (χ3v) is 3.55. The van der Waals surface area contributed by atoms with Gasteiger partial charge in [0.05, 0.1) is 29.3 Å². The predicted molar refractivity (Wildman–Crippen MR) is 86.8 cm³/mol. The van der Waals surface area contributed by atoms with Gasteiger partial charge in [-0.2, -0.15) is 10.2 Å². The van der Waals surface area contributed by atoms with Crippen molar-refractivity contribution >= 4 is 11.6 Å². The van der Waals surface area contributed by atoms with Crippen LogP contribution in [-0.2, 0) is 6.61 Å². The summed E-state index contributed by atoms with van der Waals surface area (Å²) in [5.74, 6) is 1.65. The minimum absolute atomic E-state index is 0.0935. The molecule has 0 radical (unpaired) electrons. The van der Waals surface area contributed by atoms with Gasteiger partial charge in [0.25, 0.3) is 5.89 Å². The number of aromatic nitrogens is 2. The summed E-state index contributed by atoms with van der Waals surface area (Å²) in [6.07, 6.45) is 0. The molecule has 0 aliphatic carbocycles. The molecule has 0 saturated heterocycles. The van der Waals surface area contributed by atoms with Crippen LogP contribution in [0.4, 0.5) is 0 Å². The number of nitriles is 1. The van der Waals surface area contributed by atoms with E-state index in [9.17, 15) is 0 Å². The summed E-state index contributed by atoms with van der Waals surface area (Å²) in [5, 5.41) is 13.3. The van der Waals surface area contributed by atoms with E-state index < -0.39 is 0 Å². The Hall–Kier alpha value is -3.04. The first-order valence-corrected chi connectivity index (χ1v) is 7.37. The van der Waals surface area contributed by atoms with E-state index in [1.807, 2.05) is 18.2 Å². The van der Waals surface area contributed by atoms with Crippen LogP contribution < -0.4 is 9.47 Å². The topological polar surface area (TPSA) is 81.2 Å². The van der Waals surface area contributed by atoms with Crippen molar-refractivity contribution < 1.29 is 14.0 Å². The average Bonchev–Trinajstić information content (AvgIpc) is 3.09. The van der Waals surface area contributed by atoms with Crippen molar-refractivity contribution in [3.63, 3.8) is 0 Å². The Labute approximate surface area is 143 Å². The Morgan fingerprint density at radius 1 is 1.21 bits per heavy atom. The van der Waals surface area contributed by atoms with Gasteiger partial charge in [0.1, 0.15) is 0 Å². The maximum absolute atomic E-state index is 8.90. The molecular formula is C17H12ClN3O3.